The van der Waals surface area contributed by atoms with E-state index < -0.39 is 150 Å². The minimum atomic E-state index is -1.76. The molecular formula is C57H89N7O15. The lowest BCUT2D eigenvalue weighted by Crippen LogP contribution is -2.62. The third kappa shape index (κ3) is 16.9. The van der Waals surface area contributed by atoms with Crippen molar-refractivity contribution < 1.29 is 72.4 Å². The molecule has 7 amide bonds. The maximum Gasteiger partial charge on any atom is 0.329 e. The molecule has 13 atom stereocenters. The Bertz CT molecular complexity index is 2330. The molecule has 3 saturated heterocycles. The Labute approximate surface area is 465 Å². The van der Waals surface area contributed by atoms with Crippen molar-refractivity contribution >= 4 is 59.1 Å². The summed E-state index contributed by atoms with van der Waals surface area (Å²) >= 11 is 0. The molecule has 0 radical (unpaired) electrons. The van der Waals surface area contributed by atoms with E-state index in [9.17, 15) is 53.4 Å². The SMILES string of the molecule is CC[C@H](C)[C@H]1NC(=O)[C@@H](NC(=O)[C@H](CC(C)C)N(C)C(=O)[C@@H]2CCCN2C(=O)[C@H](C)O)[C@@H](C)OC(=O)[C@H](Cc2ccc(OC)cc2)N(C)C(=O)[C@@H]2CCCN2C(=O)[C@H](CC(C)C)NC(=O)[C@@H](C)C(=O)C(C(C)C)OC(=O)C[C@@H]1O. The van der Waals surface area contributed by atoms with Gasteiger partial charge in [0.25, 0.3) is 5.91 Å². The summed E-state index contributed by atoms with van der Waals surface area (Å²) in [6.45, 7) is 18.4. The van der Waals surface area contributed by atoms with E-state index in [-0.39, 0.29) is 57.0 Å². The largest absolute Gasteiger partial charge is 0.497 e. The number of cyclic esters (lactones) is 2. The average Bonchev–Trinajstić information content (AvgIpc) is 4.13. The van der Waals surface area contributed by atoms with Crippen molar-refractivity contribution in [1.82, 2.24) is 35.6 Å². The van der Waals surface area contributed by atoms with E-state index in [1.807, 2.05) is 27.7 Å². The van der Waals surface area contributed by atoms with Crippen molar-refractivity contribution in [3.63, 3.8) is 0 Å². The Morgan fingerprint density at radius 3 is 2.06 bits per heavy atom. The van der Waals surface area contributed by atoms with E-state index in [1.54, 1.807) is 52.0 Å². The van der Waals surface area contributed by atoms with Gasteiger partial charge in [-0.15, -0.1) is 0 Å². The van der Waals surface area contributed by atoms with Crippen LogP contribution in [0, 0.1) is 29.6 Å². The van der Waals surface area contributed by atoms with Crippen molar-refractivity contribution in [3.8, 4) is 5.75 Å². The van der Waals surface area contributed by atoms with Gasteiger partial charge in [0.15, 0.2) is 11.9 Å². The number of ketones is 1. The zero-order valence-corrected chi connectivity index (χ0v) is 48.8. The number of benzene rings is 1. The Morgan fingerprint density at radius 1 is 0.861 bits per heavy atom. The van der Waals surface area contributed by atoms with E-state index >= 15 is 4.79 Å². The number of hydrogen-bond acceptors (Lipinski definition) is 15. The molecule has 3 aliphatic heterocycles. The van der Waals surface area contributed by atoms with Crippen molar-refractivity contribution in [2.24, 2.45) is 29.6 Å². The van der Waals surface area contributed by atoms with Gasteiger partial charge in [-0.25, -0.2) is 4.79 Å². The molecule has 0 bridgehead atoms. The van der Waals surface area contributed by atoms with Gasteiger partial charge in [-0.2, -0.15) is 0 Å². The molecule has 0 spiro atoms. The van der Waals surface area contributed by atoms with Gasteiger partial charge in [0.05, 0.1) is 31.6 Å². The third-order valence-corrected chi connectivity index (χ3v) is 15.5. The van der Waals surface area contributed by atoms with Gasteiger partial charge >= 0.3 is 11.9 Å². The minimum absolute atomic E-state index is 0.0720. The second-order valence-electron chi connectivity index (χ2n) is 23.0. The Kier molecular flexibility index (Phi) is 24.3. The molecule has 22 nitrogen and oxygen atoms in total. The summed E-state index contributed by atoms with van der Waals surface area (Å²) in [5.41, 5.74) is 0.571. The molecule has 4 rings (SSSR count). The van der Waals surface area contributed by atoms with Crippen LogP contribution in [0.4, 0.5) is 0 Å². The zero-order chi connectivity index (χ0) is 59.3. The van der Waals surface area contributed by atoms with Gasteiger partial charge in [0, 0.05) is 33.6 Å². The molecule has 1 unspecified atom stereocenters. The van der Waals surface area contributed by atoms with Crippen LogP contribution in [-0.2, 0) is 63.8 Å². The topological polar surface area (TPSA) is 288 Å². The lowest BCUT2D eigenvalue weighted by Gasteiger charge is -2.36. The van der Waals surface area contributed by atoms with Crippen LogP contribution in [0.3, 0.4) is 0 Å². The number of likely N-dealkylation sites (N-methyl/N-ethyl adjacent to an activating group) is 2. The Morgan fingerprint density at radius 2 is 1.49 bits per heavy atom. The molecule has 79 heavy (non-hydrogen) atoms. The van der Waals surface area contributed by atoms with E-state index in [4.69, 9.17) is 14.2 Å². The summed E-state index contributed by atoms with van der Waals surface area (Å²) < 4.78 is 17.2. The maximum absolute atomic E-state index is 15.0. The highest BCUT2D eigenvalue weighted by molar-refractivity contribution is 6.05. The summed E-state index contributed by atoms with van der Waals surface area (Å²) in [6.07, 6.45) is -4.99. The van der Waals surface area contributed by atoms with Gasteiger partial charge in [-0.05, 0) is 101 Å². The molecule has 3 fully saturated rings. The monoisotopic (exact) mass is 1110 g/mol. The van der Waals surface area contributed by atoms with E-state index in [0.717, 1.165) is 0 Å². The number of esters is 2. The highest BCUT2D eigenvalue weighted by Gasteiger charge is 2.46. The van der Waals surface area contributed by atoms with Gasteiger partial charge in [-0.3, -0.25) is 43.2 Å². The lowest BCUT2D eigenvalue weighted by atomic mass is 9.91. The first-order chi connectivity index (χ1) is 37.0. The molecular weight excluding hydrogens is 1020 g/mol. The number of fused-ring (bicyclic) bond motifs is 1. The number of carbonyl (C=O) groups is 10. The molecule has 0 aliphatic carbocycles. The third-order valence-electron chi connectivity index (χ3n) is 15.5. The van der Waals surface area contributed by atoms with Crippen LogP contribution >= 0.6 is 0 Å². The fourth-order valence-corrected chi connectivity index (χ4v) is 10.5. The first-order valence-corrected chi connectivity index (χ1v) is 28.0. The number of hydrogen-bond donors (Lipinski definition) is 5. The van der Waals surface area contributed by atoms with Gasteiger partial charge < -0.3 is 60.0 Å². The van der Waals surface area contributed by atoms with Crippen LogP contribution in [0.15, 0.2) is 24.3 Å². The minimum Gasteiger partial charge on any atom is -0.497 e. The number of methoxy groups -OCH3 is 1. The van der Waals surface area contributed by atoms with Crippen molar-refractivity contribution in [2.75, 3.05) is 34.3 Å². The van der Waals surface area contributed by atoms with Crippen LogP contribution in [0.1, 0.15) is 133 Å². The molecule has 22 heteroatoms. The molecule has 1 aromatic rings. The predicted molar refractivity (Wildman–Crippen MR) is 290 cm³/mol. The predicted octanol–water partition coefficient (Wildman–Crippen LogP) is 2.32. The van der Waals surface area contributed by atoms with E-state index in [2.05, 4.69) is 16.0 Å². The number of nitrogens with one attached hydrogen (secondary N) is 3. The van der Waals surface area contributed by atoms with Gasteiger partial charge in [-0.1, -0.05) is 73.9 Å². The maximum atomic E-state index is 15.0. The first kappa shape index (κ1) is 65.4. The lowest BCUT2D eigenvalue weighted by molar-refractivity contribution is -0.163. The second kappa shape index (κ2) is 29.3. The summed E-state index contributed by atoms with van der Waals surface area (Å²) in [5.74, 6) is -10.3. The molecule has 0 saturated carbocycles. The van der Waals surface area contributed by atoms with Crippen LogP contribution in [0.25, 0.3) is 0 Å². The standard InChI is InChI=1S/C57H89N7O15/c1-15-33(8)46-44(66)29-45(67)79-49(32(6)7)48(68)34(9)50(69)58-39(26-30(2)3)54(73)64-25-17-19-41(64)56(75)62(13)43(28-37-20-22-38(77-14)23-21-37)57(76)78-36(11)47(52(71)59-46)60-51(70)42(27-31(4)5)61(12)55(74)40-18-16-24-63(40)53(72)35(10)65/h20-23,30-36,39-44,46-47,49,65-66H,15-19,24-29H2,1-14H3,(H,58,69)(H,59,71)(H,60,70)/t33-,34-,35-,36+,39-,40-,41-,42-,43-,44-,46+,47-,49?/m0/s1. The molecule has 1 aromatic carbocycles. The van der Waals surface area contributed by atoms with Crippen LogP contribution in [-0.4, -0.2) is 190 Å². The Balaban J connectivity index is 1.89. The van der Waals surface area contributed by atoms with Crippen molar-refractivity contribution in [2.45, 2.75) is 201 Å². The quantitative estimate of drug-likeness (QED) is 0.124. The number of ether oxygens (including phenoxy) is 3. The van der Waals surface area contributed by atoms with Crippen LogP contribution in [0.5, 0.6) is 5.75 Å². The molecule has 442 valence electrons. The second-order valence-corrected chi connectivity index (χ2v) is 23.0. The number of Topliss-reactive ketones (excluding diaryl/α,β-unsaturated/α-hetero) is 1. The number of aliphatic hydroxyl groups excluding tert-OH is 2. The fraction of sp³-hybridized carbons (Fsp3) is 0.719. The molecule has 3 heterocycles. The normalized spacial score (nSPS) is 27.7. The summed E-state index contributed by atoms with van der Waals surface area (Å²) in [7, 11) is 4.29. The molecule has 3 aliphatic rings. The average molecular weight is 1110 g/mol. The van der Waals surface area contributed by atoms with Crippen LogP contribution in [0.2, 0.25) is 0 Å². The number of aliphatic hydroxyl groups is 2. The highest BCUT2D eigenvalue weighted by atomic mass is 16.6. The first-order valence-electron chi connectivity index (χ1n) is 28.0. The summed E-state index contributed by atoms with van der Waals surface area (Å²) in [6, 6.07) is -2.19. The van der Waals surface area contributed by atoms with Crippen molar-refractivity contribution in [3.05, 3.63) is 29.8 Å². The number of likely N-dealkylation sites (tertiary alicyclic amines) is 1. The Hall–Kier alpha value is -6.16. The number of amides is 7. The molecule has 0 aromatic heterocycles. The fourth-order valence-electron chi connectivity index (χ4n) is 10.5. The number of rotatable bonds is 15. The molecule has 5 N–H and O–H groups in total. The van der Waals surface area contributed by atoms with Crippen LogP contribution < -0.4 is 20.7 Å². The smallest absolute Gasteiger partial charge is 0.329 e. The van der Waals surface area contributed by atoms with Crippen molar-refractivity contribution in [1.29, 1.82) is 0 Å². The number of carbonyl (C=O) groups excluding carboxylic acids is 10. The van der Waals surface area contributed by atoms with Gasteiger partial charge in [0.2, 0.25) is 35.4 Å². The zero-order valence-electron chi connectivity index (χ0n) is 48.8. The number of nitrogens with zero attached hydrogens (tertiary/aromatic N) is 4. The highest BCUT2D eigenvalue weighted by Crippen LogP contribution is 2.27. The van der Waals surface area contributed by atoms with Gasteiger partial charge in [0.1, 0.15) is 54.2 Å². The van der Waals surface area contributed by atoms with E-state index in [1.165, 1.54) is 61.6 Å². The summed E-state index contributed by atoms with van der Waals surface area (Å²) in [5, 5.41) is 30.2. The summed E-state index contributed by atoms with van der Waals surface area (Å²) in [4.78, 5) is 149. The van der Waals surface area contributed by atoms with E-state index in [0.29, 0.717) is 30.6 Å².